The lowest BCUT2D eigenvalue weighted by molar-refractivity contribution is -0.167. The number of alkyl halides is 3. The molecule has 0 fully saturated rings. The first-order valence-corrected chi connectivity index (χ1v) is 4.48. The standard InChI is InChI=1S/C9H7F3N2O4/c1-3(15)4-2-5(7(16)17)13-6(4)14-8(18)9(10,11)12/h2,13H,1H3,(H,14,18)(H,16,17). The highest BCUT2D eigenvalue weighted by Gasteiger charge is 2.39. The van der Waals surface area contributed by atoms with E-state index in [4.69, 9.17) is 5.11 Å². The van der Waals surface area contributed by atoms with Gasteiger partial charge in [0.1, 0.15) is 11.5 Å². The maximum atomic E-state index is 12.0. The molecule has 1 amide bonds. The quantitative estimate of drug-likeness (QED) is 0.719. The van der Waals surface area contributed by atoms with Crippen molar-refractivity contribution in [2.24, 2.45) is 0 Å². The van der Waals surface area contributed by atoms with Gasteiger partial charge in [0, 0.05) is 0 Å². The molecule has 98 valence electrons. The summed E-state index contributed by atoms with van der Waals surface area (Å²) in [4.78, 5) is 34.4. The lowest BCUT2D eigenvalue weighted by Crippen LogP contribution is -2.30. The fourth-order valence-corrected chi connectivity index (χ4v) is 1.13. The molecule has 0 aliphatic rings. The van der Waals surface area contributed by atoms with Crippen LogP contribution in [0.3, 0.4) is 0 Å². The Kier molecular flexibility index (Phi) is 3.44. The molecule has 3 N–H and O–H groups in total. The van der Waals surface area contributed by atoms with E-state index in [1.54, 1.807) is 0 Å². The molecule has 0 bridgehead atoms. The van der Waals surface area contributed by atoms with Gasteiger partial charge in [-0.1, -0.05) is 0 Å². The van der Waals surface area contributed by atoms with Crippen molar-refractivity contribution in [1.82, 2.24) is 4.98 Å². The number of rotatable bonds is 3. The highest BCUT2D eigenvalue weighted by atomic mass is 19.4. The monoisotopic (exact) mass is 264 g/mol. The fraction of sp³-hybridized carbons (Fsp3) is 0.222. The summed E-state index contributed by atoms with van der Waals surface area (Å²) in [7, 11) is 0. The van der Waals surface area contributed by atoms with Gasteiger partial charge >= 0.3 is 18.1 Å². The highest BCUT2D eigenvalue weighted by molar-refractivity contribution is 6.06. The molecule has 6 nitrogen and oxygen atoms in total. The van der Waals surface area contributed by atoms with Crippen molar-refractivity contribution < 1.29 is 32.7 Å². The number of halogens is 3. The number of aromatic carboxylic acids is 1. The second-order valence-corrected chi connectivity index (χ2v) is 3.28. The van der Waals surface area contributed by atoms with Crippen LogP contribution in [0.2, 0.25) is 0 Å². The Hall–Kier alpha value is -2.32. The average Bonchev–Trinajstić information content (AvgIpc) is 2.60. The predicted molar refractivity (Wildman–Crippen MR) is 52.4 cm³/mol. The van der Waals surface area contributed by atoms with E-state index in [1.165, 1.54) is 5.32 Å². The van der Waals surface area contributed by atoms with E-state index in [0.29, 0.717) is 0 Å². The number of amides is 1. The van der Waals surface area contributed by atoms with Crippen molar-refractivity contribution in [3.8, 4) is 0 Å². The van der Waals surface area contributed by atoms with Crippen LogP contribution in [-0.2, 0) is 4.79 Å². The summed E-state index contributed by atoms with van der Waals surface area (Å²) < 4.78 is 36.0. The van der Waals surface area contributed by atoms with Crippen LogP contribution in [0.5, 0.6) is 0 Å². The molecule has 0 saturated heterocycles. The van der Waals surface area contributed by atoms with Gasteiger partial charge in [0.15, 0.2) is 5.78 Å². The molecule has 0 aromatic carbocycles. The van der Waals surface area contributed by atoms with E-state index in [2.05, 4.69) is 0 Å². The fourth-order valence-electron chi connectivity index (χ4n) is 1.13. The highest BCUT2D eigenvalue weighted by Crippen LogP contribution is 2.21. The first-order chi connectivity index (χ1) is 8.12. The molecule has 0 saturated carbocycles. The molecule has 0 aliphatic carbocycles. The van der Waals surface area contributed by atoms with E-state index in [9.17, 15) is 27.6 Å². The Bertz CT molecular complexity index is 518. The van der Waals surface area contributed by atoms with Crippen LogP contribution >= 0.6 is 0 Å². The van der Waals surface area contributed by atoms with E-state index in [0.717, 1.165) is 13.0 Å². The maximum Gasteiger partial charge on any atom is 0.471 e. The van der Waals surface area contributed by atoms with Crippen LogP contribution in [0.1, 0.15) is 27.8 Å². The molecule has 1 rings (SSSR count). The molecule has 1 heterocycles. The van der Waals surface area contributed by atoms with Gasteiger partial charge in [0.2, 0.25) is 0 Å². The minimum atomic E-state index is -5.14. The summed E-state index contributed by atoms with van der Waals surface area (Å²) in [6, 6.07) is 0.844. The molecule has 0 unspecified atom stereocenters. The zero-order chi connectivity index (χ0) is 14.1. The van der Waals surface area contributed by atoms with Gasteiger partial charge in [-0.05, 0) is 13.0 Å². The predicted octanol–water partition coefficient (Wildman–Crippen LogP) is 1.42. The molecular weight excluding hydrogens is 257 g/mol. The van der Waals surface area contributed by atoms with Gasteiger partial charge < -0.3 is 15.4 Å². The number of aromatic amines is 1. The smallest absolute Gasteiger partial charge is 0.471 e. The van der Waals surface area contributed by atoms with Gasteiger partial charge in [-0.3, -0.25) is 9.59 Å². The summed E-state index contributed by atoms with van der Waals surface area (Å²) >= 11 is 0. The number of hydrogen-bond acceptors (Lipinski definition) is 3. The molecule has 9 heteroatoms. The Balaban J connectivity index is 3.12. The van der Waals surface area contributed by atoms with Crippen molar-refractivity contribution >= 4 is 23.5 Å². The molecule has 18 heavy (non-hydrogen) atoms. The summed E-state index contributed by atoms with van der Waals surface area (Å²) in [5, 5.41) is 10.0. The van der Waals surface area contributed by atoms with Crippen molar-refractivity contribution in [3.05, 3.63) is 17.3 Å². The number of Topliss-reactive ketones (excluding diaryl/α,β-unsaturated/α-hetero) is 1. The maximum absolute atomic E-state index is 12.0. The number of carbonyl (C=O) groups is 3. The van der Waals surface area contributed by atoms with E-state index in [-0.39, 0.29) is 5.56 Å². The SMILES string of the molecule is CC(=O)c1cc(C(=O)O)[nH]c1NC(=O)C(F)(F)F. The van der Waals surface area contributed by atoms with Crippen LogP contribution in [0.15, 0.2) is 6.07 Å². The summed E-state index contributed by atoms with van der Waals surface area (Å²) in [5.41, 5.74) is -0.845. The molecule has 0 radical (unpaired) electrons. The summed E-state index contributed by atoms with van der Waals surface area (Å²) in [5.74, 6) is -5.05. The number of carbonyl (C=O) groups excluding carboxylic acids is 2. The van der Waals surface area contributed by atoms with E-state index in [1.807, 2.05) is 4.98 Å². The Morgan fingerprint density at radius 3 is 2.28 bits per heavy atom. The molecule has 1 aromatic rings. The zero-order valence-corrected chi connectivity index (χ0v) is 8.88. The van der Waals surface area contributed by atoms with Crippen LogP contribution in [0.4, 0.5) is 19.0 Å². The summed E-state index contributed by atoms with van der Waals surface area (Å²) in [6.45, 7) is 1.03. The summed E-state index contributed by atoms with van der Waals surface area (Å²) in [6.07, 6.45) is -5.14. The lowest BCUT2D eigenvalue weighted by Gasteiger charge is -2.07. The van der Waals surface area contributed by atoms with Crippen LogP contribution < -0.4 is 5.32 Å². The third-order valence-corrected chi connectivity index (χ3v) is 1.92. The Morgan fingerprint density at radius 1 is 1.33 bits per heavy atom. The first-order valence-electron chi connectivity index (χ1n) is 4.48. The normalized spacial score (nSPS) is 11.1. The van der Waals surface area contributed by atoms with E-state index < -0.39 is 35.3 Å². The average molecular weight is 264 g/mol. The van der Waals surface area contributed by atoms with Crippen molar-refractivity contribution in [3.63, 3.8) is 0 Å². The van der Waals surface area contributed by atoms with Gasteiger partial charge in [-0.15, -0.1) is 0 Å². The molecule has 1 aromatic heterocycles. The number of nitrogens with one attached hydrogen (secondary N) is 2. The minimum absolute atomic E-state index is 0.343. The number of ketones is 1. The second kappa shape index (κ2) is 4.51. The topological polar surface area (TPSA) is 99.3 Å². The third kappa shape index (κ3) is 2.87. The molecule has 0 atom stereocenters. The Morgan fingerprint density at radius 2 is 1.89 bits per heavy atom. The molecular formula is C9H7F3N2O4. The third-order valence-electron chi connectivity index (χ3n) is 1.92. The number of carboxylic acids is 1. The van der Waals surface area contributed by atoms with Crippen molar-refractivity contribution in [1.29, 1.82) is 0 Å². The number of hydrogen-bond donors (Lipinski definition) is 3. The Labute approximate surface area is 97.8 Å². The van der Waals surface area contributed by atoms with Crippen LogP contribution in [-0.4, -0.2) is 33.9 Å². The van der Waals surface area contributed by atoms with Gasteiger partial charge in [-0.25, -0.2) is 4.79 Å². The second-order valence-electron chi connectivity index (χ2n) is 3.28. The number of aromatic nitrogens is 1. The molecule has 0 aliphatic heterocycles. The molecule has 0 spiro atoms. The number of anilines is 1. The van der Waals surface area contributed by atoms with Crippen LogP contribution in [0.25, 0.3) is 0 Å². The minimum Gasteiger partial charge on any atom is -0.477 e. The van der Waals surface area contributed by atoms with Crippen molar-refractivity contribution in [2.45, 2.75) is 13.1 Å². The first kappa shape index (κ1) is 13.7. The van der Waals surface area contributed by atoms with Gasteiger partial charge in [-0.2, -0.15) is 13.2 Å². The lowest BCUT2D eigenvalue weighted by atomic mass is 10.2. The van der Waals surface area contributed by atoms with Gasteiger partial charge in [0.25, 0.3) is 0 Å². The number of carboxylic acid groups (broad SMARTS) is 1. The number of H-pyrrole nitrogens is 1. The largest absolute Gasteiger partial charge is 0.477 e. The van der Waals surface area contributed by atoms with Crippen LogP contribution in [0, 0.1) is 0 Å². The zero-order valence-electron chi connectivity index (χ0n) is 8.88. The van der Waals surface area contributed by atoms with Crippen molar-refractivity contribution in [2.75, 3.05) is 5.32 Å². The van der Waals surface area contributed by atoms with Gasteiger partial charge in [0.05, 0.1) is 5.56 Å². The van der Waals surface area contributed by atoms with E-state index >= 15 is 0 Å².